The maximum absolute atomic E-state index is 11.7. The first kappa shape index (κ1) is 13.2. The summed E-state index contributed by atoms with van der Waals surface area (Å²) in [5, 5.41) is 7.14. The summed E-state index contributed by atoms with van der Waals surface area (Å²) in [7, 11) is 0. The lowest BCUT2D eigenvalue weighted by molar-refractivity contribution is -0.124. The normalized spacial score (nSPS) is 12.4. The van der Waals surface area contributed by atoms with Gasteiger partial charge in [-0.3, -0.25) is 4.79 Å². The molecule has 1 amide bonds. The fourth-order valence-electron chi connectivity index (χ4n) is 1.48. The molecule has 0 spiro atoms. The zero-order valence-corrected chi connectivity index (χ0v) is 10.8. The third-order valence-corrected chi connectivity index (χ3v) is 3.61. The monoisotopic (exact) mass is 240 g/mol. The molecule has 0 saturated heterocycles. The molecular formula is C12H20N2OS. The minimum absolute atomic E-state index is 0.0579. The van der Waals surface area contributed by atoms with Crippen LogP contribution in [-0.4, -0.2) is 12.5 Å². The van der Waals surface area contributed by atoms with Gasteiger partial charge in [0.25, 0.3) is 0 Å². The zero-order chi connectivity index (χ0) is 12.0. The third kappa shape index (κ3) is 3.94. The summed E-state index contributed by atoms with van der Waals surface area (Å²) >= 11 is 1.67. The van der Waals surface area contributed by atoms with Crippen LogP contribution in [0, 0.1) is 12.8 Å². The highest BCUT2D eigenvalue weighted by atomic mass is 32.1. The van der Waals surface area contributed by atoms with Crippen molar-refractivity contribution in [1.82, 2.24) is 5.32 Å². The molecule has 3 N–H and O–H groups in total. The fraction of sp³-hybridized carbons (Fsp3) is 0.583. The Morgan fingerprint density at radius 2 is 2.31 bits per heavy atom. The van der Waals surface area contributed by atoms with E-state index in [1.807, 2.05) is 6.92 Å². The SMILES string of the molecule is Cc1cscc1CNC(=O)C(C)CCCN. The van der Waals surface area contributed by atoms with Crippen LogP contribution in [0.1, 0.15) is 30.9 Å². The Bertz CT molecular complexity index is 336. The zero-order valence-electron chi connectivity index (χ0n) is 9.95. The molecule has 0 aliphatic carbocycles. The molecule has 0 radical (unpaired) electrons. The molecule has 16 heavy (non-hydrogen) atoms. The molecule has 1 rings (SSSR count). The maximum Gasteiger partial charge on any atom is 0.223 e. The van der Waals surface area contributed by atoms with Crippen LogP contribution < -0.4 is 11.1 Å². The summed E-state index contributed by atoms with van der Waals surface area (Å²) in [6, 6.07) is 0. The first-order chi connectivity index (χ1) is 7.65. The van der Waals surface area contributed by atoms with Crippen molar-refractivity contribution in [3.05, 3.63) is 21.9 Å². The van der Waals surface area contributed by atoms with E-state index in [4.69, 9.17) is 5.73 Å². The highest BCUT2D eigenvalue weighted by molar-refractivity contribution is 7.08. The maximum atomic E-state index is 11.7. The highest BCUT2D eigenvalue weighted by Crippen LogP contribution is 2.13. The van der Waals surface area contributed by atoms with Gasteiger partial charge in [0.2, 0.25) is 5.91 Å². The summed E-state index contributed by atoms with van der Waals surface area (Å²) in [6.45, 7) is 5.31. The van der Waals surface area contributed by atoms with Gasteiger partial charge in [-0.1, -0.05) is 6.92 Å². The molecule has 1 unspecified atom stereocenters. The van der Waals surface area contributed by atoms with Crippen molar-refractivity contribution < 1.29 is 4.79 Å². The van der Waals surface area contributed by atoms with E-state index in [9.17, 15) is 4.79 Å². The molecule has 0 aromatic carbocycles. The minimum Gasteiger partial charge on any atom is -0.352 e. The fourth-order valence-corrected chi connectivity index (χ4v) is 2.34. The van der Waals surface area contributed by atoms with E-state index in [2.05, 4.69) is 23.0 Å². The van der Waals surface area contributed by atoms with E-state index in [-0.39, 0.29) is 11.8 Å². The Hall–Kier alpha value is -0.870. The van der Waals surface area contributed by atoms with Crippen LogP contribution in [0.25, 0.3) is 0 Å². The van der Waals surface area contributed by atoms with E-state index in [1.54, 1.807) is 11.3 Å². The summed E-state index contributed by atoms with van der Waals surface area (Å²) in [5.74, 6) is 0.182. The van der Waals surface area contributed by atoms with E-state index < -0.39 is 0 Å². The molecule has 3 nitrogen and oxygen atoms in total. The van der Waals surface area contributed by atoms with Crippen molar-refractivity contribution in [1.29, 1.82) is 0 Å². The van der Waals surface area contributed by atoms with Gasteiger partial charge in [0.15, 0.2) is 0 Å². The van der Waals surface area contributed by atoms with Crippen molar-refractivity contribution >= 4 is 17.2 Å². The summed E-state index contributed by atoms with van der Waals surface area (Å²) < 4.78 is 0. The first-order valence-corrected chi connectivity index (χ1v) is 6.59. The topological polar surface area (TPSA) is 55.1 Å². The molecule has 0 aliphatic heterocycles. The van der Waals surface area contributed by atoms with Crippen molar-refractivity contribution in [2.24, 2.45) is 11.7 Å². The van der Waals surface area contributed by atoms with Crippen LogP contribution in [0.5, 0.6) is 0 Å². The Morgan fingerprint density at radius 3 is 2.88 bits per heavy atom. The van der Waals surface area contributed by atoms with Gasteiger partial charge in [-0.2, -0.15) is 11.3 Å². The predicted octanol–water partition coefficient (Wildman–Crippen LogP) is 2.05. The van der Waals surface area contributed by atoms with Crippen LogP contribution in [0.15, 0.2) is 10.8 Å². The molecule has 4 heteroatoms. The Morgan fingerprint density at radius 1 is 1.56 bits per heavy atom. The van der Waals surface area contributed by atoms with Gasteiger partial charge in [0.1, 0.15) is 0 Å². The molecule has 90 valence electrons. The number of rotatable bonds is 6. The number of carbonyl (C=O) groups excluding carboxylic acids is 1. The molecule has 1 aromatic rings. The molecule has 0 saturated carbocycles. The van der Waals surface area contributed by atoms with E-state index in [1.165, 1.54) is 11.1 Å². The summed E-state index contributed by atoms with van der Waals surface area (Å²) in [4.78, 5) is 11.7. The van der Waals surface area contributed by atoms with Crippen LogP contribution in [-0.2, 0) is 11.3 Å². The van der Waals surface area contributed by atoms with Crippen molar-refractivity contribution in [3.63, 3.8) is 0 Å². The molecule has 0 aliphatic rings. The van der Waals surface area contributed by atoms with Crippen LogP contribution in [0.4, 0.5) is 0 Å². The van der Waals surface area contributed by atoms with Crippen LogP contribution >= 0.6 is 11.3 Å². The average Bonchev–Trinajstić information content (AvgIpc) is 2.68. The molecule has 1 aromatic heterocycles. The number of aryl methyl sites for hydroxylation is 1. The Labute approximate surface area is 101 Å². The van der Waals surface area contributed by atoms with Gasteiger partial charge in [-0.15, -0.1) is 0 Å². The third-order valence-electron chi connectivity index (χ3n) is 2.70. The number of nitrogens with two attached hydrogens (primary N) is 1. The molecule has 1 atom stereocenters. The Balaban J connectivity index is 2.32. The first-order valence-electron chi connectivity index (χ1n) is 5.64. The van der Waals surface area contributed by atoms with Crippen LogP contribution in [0.3, 0.4) is 0 Å². The van der Waals surface area contributed by atoms with Crippen molar-refractivity contribution in [2.45, 2.75) is 33.2 Å². The van der Waals surface area contributed by atoms with Crippen LogP contribution in [0.2, 0.25) is 0 Å². The molecule has 0 bridgehead atoms. The van der Waals surface area contributed by atoms with Gasteiger partial charge >= 0.3 is 0 Å². The predicted molar refractivity (Wildman–Crippen MR) is 68.4 cm³/mol. The Kier molecular flexibility index (Phi) is 5.49. The number of nitrogens with one attached hydrogen (secondary N) is 1. The lowest BCUT2D eigenvalue weighted by atomic mass is 10.0. The largest absolute Gasteiger partial charge is 0.352 e. The molecular weight excluding hydrogens is 220 g/mol. The number of hydrogen-bond donors (Lipinski definition) is 2. The van der Waals surface area contributed by atoms with Gasteiger partial charge in [0.05, 0.1) is 0 Å². The lowest BCUT2D eigenvalue weighted by Gasteiger charge is -2.11. The van der Waals surface area contributed by atoms with Crippen molar-refractivity contribution in [3.8, 4) is 0 Å². The highest BCUT2D eigenvalue weighted by Gasteiger charge is 2.12. The van der Waals surface area contributed by atoms with E-state index >= 15 is 0 Å². The number of hydrogen-bond acceptors (Lipinski definition) is 3. The second kappa shape index (κ2) is 6.66. The number of amides is 1. The quantitative estimate of drug-likeness (QED) is 0.799. The molecule has 0 fully saturated rings. The van der Waals surface area contributed by atoms with Crippen molar-refractivity contribution in [2.75, 3.05) is 6.54 Å². The van der Waals surface area contributed by atoms with Gasteiger partial charge in [-0.25, -0.2) is 0 Å². The summed E-state index contributed by atoms with van der Waals surface area (Å²) in [6.07, 6.45) is 1.77. The number of carbonyl (C=O) groups is 1. The lowest BCUT2D eigenvalue weighted by Crippen LogP contribution is -2.29. The van der Waals surface area contributed by atoms with Gasteiger partial charge in [0, 0.05) is 12.5 Å². The summed E-state index contributed by atoms with van der Waals surface area (Å²) in [5.41, 5.74) is 7.88. The minimum atomic E-state index is 0.0579. The standard InChI is InChI=1S/C12H20N2OS/c1-9(4-3-5-13)12(15)14-6-11-8-16-7-10(11)2/h7-9H,3-6,13H2,1-2H3,(H,14,15). The van der Waals surface area contributed by atoms with Gasteiger partial charge < -0.3 is 11.1 Å². The van der Waals surface area contributed by atoms with E-state index in [0.717, 1.165) is 12.8 Å². The average molecular weight is 240 g/mol. The van der Waals surface area contributed by atoms with Gasteiger partial charge in [-0.05, 0) is 48.2 Å². The second-order valence-electron chi connectivity index (χ2n) is 4.13. The van der Waals surface area contributed by atoms with E-state index in [0.29, 0.717) is 13.1 Å². The molecule has 1 heterocycles. The smallest absolute Gasteiger partial charge is 0.223 e. The second-order valence-corrected chi connectivity index (χ2v) is 4.87. The number of thiophene rings is 1.